The van der Waals surface area contributed by atoms with E-state index in [4.69, 9.17) is 0 Å². The second-order valence-electron chi connectivity index (χ2n) is 5.21. The molecule has 0 saturated heterocycles. The highest BCUT2D eigenvalue weighted by atomic mass is 16.4. The number of aliphatic imine (C=N–C) groups is 1. The van der Waals surface area contributed by atoms with Crippen LogP contribution in [0, 0.1) is 0 Å². The average molecular weight is 295 g/mol. The minimum Gasteiger partial charge on any atom is -0.410 e. The Labute approximate surface area is 131 Å². The molecule has 0 unspecified atom stereocenters. The van der Waals surface area contributed by atoms with Crippen LogP contribution in [0.15, 0.2) is 70.8 Å². The van der Waals surface area contributed by atoms with E-state index >= 15 is 0 Å². The minimum atomic E-state index is 0.491. The number of likely N-dealkylation sites (N-methyl/N-ethyl adjacent to an activating group) is 1. The lowest BCUT2D eigenvalue weighted by Gasteiger charge is -2.11. The van der Waals surface area contributed by atoms with Gasteiger partial charge < -0.3 is 10.1 Å². The second kappa shape index (κ2) is 8.10. The van der Waals surface area contributed by atoms with Crippen LogP contribution >= 0.6 is 0 Å². The van der Waals surface area contributed by atoms with E-state index in [0.29, 0.717) is 18.0 Å². The van der Waals surface area contributed by atoms with Crippen LogP contribution in [0.25, 0.3) is 0 Å². The molecule has 0 bridgehead atoms. The zero-order chi connectivity index (χ0) is 15.8. The Morgan fingerprint density at radius 2 is 1.36 bits per heavy atom. The van der Waals surface area contributed by atoms with Crippen LogP contribution in [0.2, 0.25) is 0 Å². The third kappa shape index (κ3) is 4.27. The third-order valence-corrected chi connectivity index (χ3v) is 3.24. The highest BCUT2D eigenvalue weighted by molar-refractivity contribution is 6.53. The smallest absolute Gasteiger partial charge is 0.135 e. The van der Waals surface area contributed by atoms with Crippen molar-refractivity contribution in [3.05, 3.63) is 71.8 Å². The number of hydrogen-bond acceptors (Lipinski definition) is 4. The van der Waals surface area contributed by atoms with Crippen LogP contribution in [0.1, 0.15) is 11.1 Å². The summed E-state index contributed by atoms with van der Waals surface area (Å²) in [4.78, 5) is 6.74. The SMILES string of the molecule is CN(C)CCN=C(/C(=N/O)c1ccccc1)c1ccccc1. The van der Waals surface area contributed by atoms with Gasteiger partial charge in [0.25, 0.3) is 0 Å². The molecule has 2 rings (SSSR count). The van der Waals surface area contributed by atoms with Crippen molar-refractivity contribution in [2.75, 3.05) is 27.2 Å². The van der Waals surface area contributed by atoms with Gasteiger partial charge in [0.1, 0.15) is 5.71 Å². The van der Waals surface area contributed by atoms with Gasteiger partial charge in [0.05, 0.1) is 12.3 Å². The van der Waals surface area contributed by atoms with Crippen molar-refractivity contribution in [3.8, 4) is 0 Å². The first kappa shape index (κ1) is 15.9. The first-order chi connectivity index (χ1) is 10.7. The first-order valence-corrected chi connectivity index (χ1v) is 7.25. The molecule has 2 aromatic carbocycles. The summed E-state index contributed by atoms with van der Waals surface area (Å²) in [6.45, 7) is 1.48. The fourth-order valence-electron chi connectivity index (χ4n) is 2.10. The van der Waals surface area contributed by atoms with Crippen molar-refractivity contribution >= 4 is 11.4 Å². The fourth-order valence-corrected chi connectivity index (χ4v) is 2.10. The van der Waals surface area contributed by atoms with E-state index in [-0.39, 0.29) is 0 Å². The molecule has 0 radical (unpaired) electrons. The lowest BCUT2D eigenvalue weighted by atomic mass is 10.00. The van der Waals surface area contributed by atoms with Gasteiger partial charge in [0.15, 0.2) is 0 Å². The van der Waals surface area contributed by atoms with E-state index in [1.54, 1.807) is 0 Å². The largest absolute Gasteiger partial charge is 0.410 e. The molecule has 0 amide bonds. The molecule has 0 fully saturated rings. The molecule has 0 saturated carbocycles. The molecule has 2 aromatic rings. The van der Waals surface area contributed by atoms with Gasteiger partial charge in [-0.2, -0.15) is 0 Å². The van der Waals surface area contributed by atoms with Gasteiger partial charge in [-0.05, 0) is 14.1 Å². The van der Waals surface area contributed by atoms with Crippen molar-refractivity contribution < 1.29 is 5.21 Å². The molecule has 0 spiro atoms. The van der Waals surface area contributed by atoms with Crippen molar-refractivity contribution in [2.45, 2.75) is 0 Å². The zero-order valence-corrected chi connectivity index (χ0v) is 13.0. The first-order valence-electron chi connectivity index (χ1n) is 7.25. The van der Waals surface area contributed by atoms with Gasteiger partial charge in [0.2, 0.25) is 0 Å². The van der Waals surface area contributed by atoms with Crippen LogP contribution in [-0.2, 0) is 0 Å². The summed E-state index contributed by atoms with van der Waals surface area (Å²) >= 11 is 0. The standard InChI is InChI=1S/C18H21N3O/c1-21(2)14-13-19-17(15-9-5-3-6-10-15)18(20-22)16-11-7-4-8-12-16/h3-12,22H,13-14H2,1-2H3/b19-17?,20-18+. The van der Waals surface area contributed by atoms with Gasteiger partial charge >= 0.3 is 0 Å². The second-order valence-corrected chi connectivity index (χ2v) is 5.21. The Morgan fingerprint density at radius 1 is 0.864 bits per heavy atom. The molecule has 0 heterocycles. The molecule has 0 aliphatic rings. The average Bonchev–Trinajstić information content (AvgIpc) is 2.55. The Morgan fingerprint density at radius 3 is 1.82 bits per heavy atom. The van der Waals surface area contributed by atoms with E-state index in [2.05, 4.69) is 15.0 Å². The van der Waals surface area contributed by atoms with Gasteiger partial charge in [0, 0.05) is 17.7 Å². The predicted molar refractivity (Wildman–Crippen MR) is 91.2 cm³/mol. The summed E-state index contributed by atoms with van der Waals surface area (Å²) in [7, 11) is 4.02. The molecule has 22 heavy (non-hydrogen) atoms. The van der Waals surface area contributed by atoms with Crippen LogP contribution < -0.4 is 0 Å². The molecular weight excluding hydrogens is 274 g/mol. The number of hydrogen-bond donors (Lipinski definition) is 1. The van der Waals surface area contributed by atoms with Crippen molar-refractivity contribution in [1.29, 1.82) is 0 Å². The summed E-state index contributed by atoms with van der Waals surface area (Å²) in [5, 5.41) is 13.0. The van der Waals surface area contributed by atoms with Crippen LogP contribution in [0.3, 0.4) is 0 Å². The van der Waals surface area contributed by atoms with E-state index in [0.717, 1.165) is 17.7 Å². The Kier molecular flexibility index (Phi) is 5.86. The van der Waals surface area contributed by atoms with Crippen LogP contribution in [-0.4, -0.2) is 48.7 Å². The maximum Gasteiger partial charge on any atom is 0.135 e. The van der Waals surface area contributed by atoms with Crippen molar-refractivity contribution in [3.63, 3.8) is 0 Å². The van der Waals surface area contributed by atoms with Crippen molar-refractivity contribution in [2.24, 2.45) is 10.1 Å². The Hall–Kier alpha value is -2.46. The maximum atomic E-state index is 9.52. The van der Waals surface area contributed by atoms with Crippen LogP contribution in [0.4, 0.5) is 0 Å². The predicted octanol–water partition coefficient (Wildman–Crippen LogP) is 2.92. The highest BCUT2D eigenvalue weighted by Gasteiger charge is 2.14. The third-order valence-electron chi connectivity index (χ3n) is 3.24. The monoisotopic (exact) mass is 295 g/mol. The summed E-state index contributed by atoms with van der Waals surface area (Å²) in [6.07, 6.45) is 0. The summed E-state index contributed by atoms with van der Waals surface area (Å²) < 4.78 is 0. The van der Waals surface area contributed by atoms with Gasteiger partial charge in [-0.1, -0.05) is 65.8 Å². The quantitative estimate of drug-likeness (QED) is 0.506. The molecular formula is C18H21N3O. The number of oxime groups is 1. The number of nitrogens with zero attached hydrogens (tertiary/aromatic N) is 3. The van der Waals surface area contributed by atoms with E-state index in [9.17, 15) is 5.21 Å². The normalized spacial score (nSPS) is 12.7. The molecule has 0 aliphatic carbocycles. The molecule has 4 nitrogen and oxygen atoms in total. The molecule has 0 aliphatic heterocycles. The Balaban J connectivity index is 2.39. The van der Waals surface area contributed by atoms with Gasteiger partial charge in [-0.3, -0.25) is 4.99 Å². The number of benzene rings is 2. The molecule has 0 aromatic heterocycles. The van der Waals surface area contributed by atoms with E-state index in [1.807, 2.05) is 74.8 Å². The molecule has 4 heteroatoms. The summed E-state index contributed by atoms with van der Waals surface area (Å²) in [5.74, 6) is 0. The van der Waals surface area contributed by atoms with Crippen LogP contribution in [0.5, 0.6) is 0 Å². The summed E-state index contributed by atoms with van der Waals surface area (Å²) in [5.41, 5.74) is 2.98. The van der Waals surface area contributed by atoms with Crippen molar-refractivity contribution in [1.82, 2.24) is 4.90 Å². The topological polar surface area (TPSA) is 48.2 Å². The molecule has 0 atom stereocenters. The van der Waals surface area contributed by atoms with Gasteiger partial charge in [-0.15, -0.1) is 0 Å². The van der Waals surface area contributed by atoms with E-state index in [1.165, 1.54) is 0 Å². The van der Waals surface area contributed by atoms with Gasteiger partial charge in [-0.25, -0.2) is 0 Å². The zero-order valence-electron chi connectivity index (χ0n) is 13.0. The molecule has 114 valence electrons. The number of rotatable bonds is 6. The summed E-state index contributed by atoms with van der Waals surface area (Å²) in [6, 6.07) is 19.4. The van der Waals surface area contributed by atoms with E-state index < -0.39 is 0 Å². The minimum absolute atomic E-state index is 0.491. The highest BCUT2D eigenvalue weighted by Crippen LogP contribution is 2.10. The lowest BCUT2D eigenvalue weighted by molar-refractivity contribution is 0.320. The maximum absolute atomic E-state index is 9.52. The fraction of sp³-hybridized carbons (Fsp3) is 0.222. The Bertz CT molecular complexity index is 634. The lowest BCUT2D eigenvalue weighted by Crippen LogP contribution is -2.21. The molecule has 1 N–H and O–H groups in total.